The van der Waals surface area contributed by atoms with Crippen LogP contribution in [0.2, 0.25) is 5.02 Å². The second-order valence-electron chi connectivity index (χ2n) is 5.89. The van der Waals surface area contributed by atoms with E-state index in [0.29, 0.717) is 17.3 Å². The number of aliphatic hydroxyl groups is 1. The van der Waals surface area contributed by atoms with Crippen LogP contribution in [0.15, 0.2) is 30.7 Å². The van der Waals surface area contributed by atoms with E-state index in [9.17, 15) is 0 Å². The summed E-state index contributed by atoms with van der Waals surface area (Å²) in [6.45, 7) is 3.39. The van der Waals surface area contributed by atoms with Gasteiger partial charge in [-0.2, -0.15) is 5.10 Å². The van der Waals surface area contributed by atoms with Crippen molar-refractivity contribution in [1.29, 1.82) is 0 Å². The lowest BCUT2D eigenvalue weighted by atomic mass is 10.1. The second kappa shape index (κ2) is 7.77. The lowest BCUT2D eigenvalue weighted by Crippen LogP contribution is -2.21. The van der Waals surface area contributed by atoms with Gasteiger partial charge in [0.25, 0.3) is 0 Å². The monoisotopic (exact) mass is 361 g/mol. The van der Waals surface area contributed by atoms with Gasteiger partial charge in [-0.25, -0.2) is 14.5 Å². The fourth-order valence-electron chi connectivity index (χ4n) is 2.56. The predicted octanol–water partition coefficient (Wildman–Crippen LogP) is 2.49. The SMILES string of the molecule is Cc1ccn2ncc(-c3nc(N)ncc3Cl)c2c1.OC1CCCOC1. The average Bonchev–Trinajstić information content (AvgIpc) is 3.01. The molecule has 1 atom stereocenters. The molecule has 132 valence electrons. The summed E-state index contributed by atoms with van der Waals surface area (Å²) in [6.07, 6.45) is 6.86. The van der Waals surface area contributed by atoms with Gasteiger partial charge < -0.3 is 15.6 Å². The Morgan fingerprint density at radius 2 is 2.24 bits per heavy atom. The number of ether oxygens (including phenoxy) is 1. The Balaban J connectivity index is 0.000000219. The largest absolute Gasteiger partial charge is 0.391 e. The van der Waals surface area contributed by atoms with E-state index < -0.39 is 0 Å². The van der Waals surface area contributed by atoms with E-state index in [-0.39, 0.29) is 12.1 Å². The third kappa shape index (κ3) is 4.25. The Bertz CT molecular complexity index is 861. The van der Waals surface area contributed by atoms with Gasteiger partial charge >= 0.3 is 0 Å². The lowest BCUT2D eigenvalue weighted by Gasteiger charge is -2.15. The Morgan fingerprint density at radius 3 is 2.92 bits per heavy atom. The van der Waals surface area contributed by atoms with Crippen molar-refractivity contribution in [2.45, 2.75) is 25.9 Å². The first-order valence-electron chi connectivity index (χ1n) is 8.03. The van der Waals surface area contributed by atoms with Gasteiger partial charge in [0.15, 0.2) is 0 Å². The molecule has 0 bridgehead atoms. The first-order valence-corrected chi connectivity index (χ1v) is 8.40. The van der Waals surface area contributed by atoms with Crippen molar-refractivity contribution < 1.29 is 9.84 Å². The standard InChI is InChI=1S/C12H10ClN5.C5H10O2/c1-7-2-3-18-10(4-7)8(5-16-18)11-9(13)6-15-12(14)17-11;6-5-2-1-3-7-4-5/h2-6H,1H3,(H2,14,15,17);5-6H,1-4H2. The van der Waals surface area contributed by atoms with Crippen LogP contribution in [0, 0.1) is 6.92 Å². The quantitative estimate of drug-likeness (QED) is 0.691. The molecule has 4 rings (SSSR count). The van der Waals surface area contributed by atoms with Crippen LogP contribution in [0.4, 0.5) is 5.95 Å². The molecule has 25 heavy (non-hydrogen) atoms. The first-order chi connectivity index (χ1) is 12.0. The van der Waals surface area contributed by atoms with Gasteiger partial charge in [-0.3, -0.25) is 0 Å². The molecule has 0 radical (unpaired) electrons. The van der Waals surface area contributed by atoms with Crippen LogP contribution < -0.4 is 5.73 Å². The minimum atomic E-state index is -0.186. The van der Waals surface area contributed by atoms with Crippen LogP contribution >= 0.6 is 11.6 Å². The van der Waals surface area contributed by atoms with Crippen LogP contribution in [0.25, 0.3) is 16.8 Å². The van der Waals surface area contributed by atoms with Crippen molar-refractivity contribution in [3.63, 3.8) is 0 Å². The molecular weight excluding hydrogens is 342 g/mol. The van der Waals surface area contributed by atoms with Crippen LogP contribution in [-0.2, 0) is 4.74 Å². The van der Waals surface area contributed by atoms with Gasteiger partial charge in [-0.1, -0.05) is 11.6 Å². The number of nitrogen functional groups attached to an aromatic ring is 1. The summed E-state index contributed by atoms with van der Waals surface area (Å²) in [5.74, 6) is 0.196. The zero-order chi connectivity index (χ0) is 17.8. The Labute approximate surface area is 150 Å². The summed E-state index contributed by atoms with van der Waals surface area (Å²) in [7, 11) is 0. The molecule has 0 amide bonds. The summed E-state index contributed by atoms with van der Waals surface area (Å²) in [5, 5.41) is 13.5. The number of pyridine rings is 1. The third-order valence-corrected chi connectivity index (χ3v) is 4.11. The van der Waals surface area contributed by atoms with Gasteiger partial charge in [0, 0.05) is 18.4 Å². The normalized spacial score (nSPS) is 17.2. The van der Waals surface area contributed by atoms with Crippen molar-refractivity contribution in [2.75, 3.05) is 18.9 Å². The van der Waals surface area contributed by atoms with Crippen LogP contribution in [0.5, 0.6) is 0 Å². The van der Waals surface area contributed by atoms with Gasteiger partial charge in [-0.15, -0.1) is 0 Å². The Kier molecular flexibility index (Phi) is 5.47. The number of halogens is 1. The third-order valence-electron chi connectivity index (χ3n) is 3.83. The fourth-order valence-corrected chi connectivity index (χ4v) is 2.75. The molecule has 8 heteroatoms. The Hall–Kier alpha value is -2.22. The molecule has 1 saturated heterocycles. The molecule has 3 N–H and O–H groups in total. The van der Waals surface area contributed by atoms with Gasteiger partial charge in [-0.05, 0) is 37.5 Å². The number of nitrogens with zero attached hydrogens (tertiary/aromatic N) is 4. The number of aromatic nitrogens is 4. The maximum atomic E-state index is 8.78. The zero-order valence-corrected chi connectivity index (χ0v) is 14.6. The summed E-state index contributed by atoms with van der Waals surface area (Å²) in [6, 6.07) is 4.01. The number of anilines is 1. The minimum absolute atomic E-state index is 0.186. The van der Waals surface area contributed by atoms with E-state index in [1.54, 1.807) is 10.7 Å². The topological polar surface area (TPSA) is 98.6 Å². The maximum absolute atomic E-state index is 8.78. The van der Waals surface area contributed by atoms with Crippen molar-refractivity contribution >= 4 is 23.1 Å². The van der Waals surface area contributed by atoms with E-state index in [2.05, 4.69) is 15.1 Å². The summed E-state index contributed by atoms with van der Waals surface area (Å²) >= 11 is 6.11. The lowest BCUT2D eigenvalue weighted by molar-refractivity contribution is -0.00535. The van der Waals surface area contributed by atoms with E-state index in [1.165, 1.54) is 6.20 Å². The van der Waals surface area contributed by atoms with Crippen LogP contribution in [0.3, 0.4) is 0 Å². The fraction of sp³-hybridized carbons (Fsp3) is 0.353. The van der Waals surface area contributed by atoms with Crippen molar-refractivity contribution in [2.24, 2.45) is 0 Å². The van der Waals surface area contributed by atoms with Crippen molar-refractivity contribution in [3.05, 3.63) is 41.3 Å². The number of hydrogen-bond donors (Lipinski definition) is 2. The van der Waals surface area contributed by atoms with Gasteiger partial charge in [0.05, 0.1) is 41.3 Å². The number of hydrogen-bond acceptors (Lipinski definition) is 6. The molecule has 1 aliphatic heterocycles. The molecule has 4 heterocycles. The molecule has 7 nitrogen and oxygen atoms in total. The maximum Gasteiger partial charge on any atom is 0.220 e. The van der Waals surface area contributed by atoms with Gasteiger partial charge in [0.1, 0.15) is 0 Å². The summed E-state index contributed by atoms with van der Waals surface area (Å²) in [5.41, 5.74) is 9.13. The number of nitrogens with two attached hydrogens (primary N) is 1. The smallest absolute Gasteiger partial charge is 0.220 e. The minimum Gasteiger partial charge on any atom is -0.391 e. The molecule has 0 saturated carbocycles. The molecule has 0 aliphatic carbocycles. The van der Waals surface area contributed by atoms with E-state index >= 15 is 0 Å². The zero-order valence-electron chi connectivity index (χ0n) is 13.9. The van der Waals surface area contributed by atoms with Crippen LogP contribution in [-0.4, -0.2) is 44.0 Å². The first kappa shape index (κ1) is 17.6. The number of fused-ring (bicyclic) bond motifs is 1. The molecule has 3 aromatic rings. The van der Waals surface area contributed by atoms with Crippen molar-refractivity contribution in [3.8, 4) is 11.3 Å². The predicted molar refractivity (Wildman–Crippen MR) is 96.4 cm³/mol. The molecular formula is C17H20ClN5O2. The van der Waals surface area contributed by atoms with Crippen LogP contribution in [0.1, 0.15) is 18.4 Å². The van der Waals surface area contributed by atoms with Gasteiger partial charge in [0.2, 0.25) is 5.95 Å². The number of rotatable bonds is 1. The number of aliphatic hydroxyl groups excluding tert-OH is 1. The molecule has 1 aliphatic rings. The highest BCUT2D eigenvalue weighted by atomic mass is 35.5. The molecule has 1 unspecified atom stereocenters. The van der Waals surface area contributed by atoms with E-state index in [4.69, 9.17) is 27.2 Å². The molecule has 3 aromatic heterocycles. The summed E-state index contributed by atoms with van der Waals surface area (Å²) in [4.78, 5) is 8.03. The van der Waals surface area contributed by atoms with Crippen molar-refractivity contribution in [1.82, 2.24) is 19.6 Å². The molecule has 1 fully saturated rings. The highest BCUT2D eigenvalue weighted by Gasteiger charge is 2.12. The van der Waals surface area contributed by atoms with E-state index in [0.717, 1.165) is 36.1 Å². The molecule has 0 spiro atoms. The number of aryl methyl sites for hydroxylation is 1. The van der Waals surface area contributed by atoms with E-state index in [1.807, 2.05) is 25.3 Å². The molecule has 0 aromatic carbocycles. The highest BCUT2D eigenvalue weighted by molar-refractivity contribution is 6.33. The highest BCUT2D eigenvalue weighted by Crippen LogP contribution is 2.29. The second-order valence-corrected chi connectivity index (χ2v) is 6.30. The Morgan fingerprint density at radius 1 is 1.40 bits per heavy atom. The average molecular weight is 362 g/mol. The summed E-state index contributed by atoms with van der Waals surface area (Å²) < 4.78 is 6.71.